The third-order valence-electron chi connectivity index (χ3n) is 12.7. The minimum atomic E-state index is -0.766. The van der Waals surface area contributed by atoms with Crippen LogP contribution < -0.4 is 0 Å². The van der Waals surface area contributed by atoms with E-state index in [9.17, 15) is 14.4 Å². The Hall–Kier alpha value is -2.11. The quantitative estimate of drug-likeness (QED) is 0.0262. The highest BCUT2D eigenvalue weighted by molar-refractivity contribution is 5.71. The van der Waals surface area contributed by atoms with Crippen LogP contribution in [0.2, 0.25) is 0 Å². The lowest BCUT2D eigenvalue weighted by atomic mass is 10.0. The SMILES string of the molecule is CCCCC/C=C\C=C/CCCCCCCCCCCCC(=O)OCC(COC(=O)CCCCCCCCCCCC)OC(=O)CCCCCCCCCCCCCCCCCCC. The lowest BCUT2D eigenvalue weighted by Crippen LogP contribution is -2.30. The lowest BCUT2D eigenvalue weighted by molar-refractivity contribution is -0.167. The van der Waals surface area contributed by atoms with Crippen molar-refractivity contribution < 1.29 is 28.6 Å². The highest BCUT2D eigenvalue weighted by atomic mass is 16.6. The van der Waals surface area contributed by atoms with Crippen molar-refractivity contribution in [3.63, 3.8) is 0 Å². The highest BCUT2D eigenvalue weighted by Crippen LogP contribution is 2.17. The van der Waals surface area contributed by atoms with Gasteiger partial charge in [-0.3, -0.25) is 14.4 Å². The summed E-state index contributed by atoms with van der Waals surface area (Å²) in [6.07, 6.45) is 61.7. The third-order valence-corrected chi connectivity index (χ3v) is 12.7. The largest absolute Gasteiger partial charge is 0.462 e. The zero-order chi connectivity index (χ0) is 46.5. The first kappa shape index (κ1) is 61.9. The molecule has 1 unspecified atom stereocenters. The van der Waals surface area contributed by atoms with Gasteiger partial charge in [0, 0.05) is 19.3 Å². The molecule has 0 aliphatic heterocycles. The zero-order valence-corrected chi connectivity index (χ0v) is 43.1. The molecule has 0 rings (SSSR count). The Morgan fingerprint density at radius 2 is 0.547 bits per heavy atom. The Morgan fingerprint density at radius 1 is 0.312 bits per heavy atom. The Labute approximate surface area is 398 Å². The molecule has 6 nitrogen and oxygen atoms in total. The van der Waals surface area contributed by atoms with Gasteiger partial charge in [0.05, 0.1) is 0 Å². The molecule has 0 fully saturated rings. The van der Waals surface area contributed by atoms with E-state index in [1.165, 1.54) is 212 Å². The molecule has 0 saturated heterocycles. The van der Waals surface area contributed by atoms with Crippen LogP contribution in [0.25, 0.3) is 0 Å². The molecule has 0 N–H and O–H groups in total. The zero-order valence-electron chi connectivity index (χ0n) is 43.1. The van der Waals surface area contributed by atoms with Gasteiger partial charge < -0.3 is 14.2 Å². The normalized spacial score (nSPS) is 12.1. The molecule has 0 bridgehead atoms. The van der Waals surface area contributed by atoms with Gasteiger partial charge in [0.15, 0.2) is 6.10 Å². The molecule has 0 saturated carbocycles. The van der Waals surface area contributed by atoms with Crippen LogP contribution in [-0.2, 0) is 28.6 Å². The van der Waals surface area contributed by atoms with Gasteiger partial charge in [0.2, 0.25) is 0 Å². The van der Waals surface area contributed by atoms with E-state index in [0.29, 0.717) is 19.3 Å². The average molecular weight is 901 g/mol. The summed E-state index contributed by atoms with van der Waals surface area (Å²) in [7, 11) is 0. The molecule has 1 atom stereocenters. The Bertz CT molecular complexity index is 1040. The number of allylic oxidation sites excluding steroid dienone is 4. The van der Waals surface area contributed by atoms with Gasteiger partial charge in [-0.15, -0.1) is 0 Å². The first-order valence-corrected chi connectivity index (χ1v) is 28.4. The van der Waals surface area contributed by atoms with Crippen molar-refractivity contribution >= 4 is 17.9 Å². The molecule has 0 amide bonds. The van der Waals surface area contributed by atoms with Gasteiger partial charge >= 0.3 is 17.9 Å². The number of carbonyl (C=O) groups is 3. The first-order valence-electron chi connectivity index (χ1n) is 28.4. The Balaban J connectivity index is 4.26. The molecule has 0 aliphatic carbocycles. The molecule has 0 heterocycles. The summed E-state index contributed by atoms with van der Waals surface area (Å²) in [5, 5.41) is 0. The second kappa shape index (κ2) is 53.5. The van der Waals surface area contributed by atoms with E-state index < -0.39 is 6.10 Å². The molecular weight excluding hydrogens is 793 g/mol. The number of hydrogen-bond acceptors (Lipinski definition) is 6. The highest BCUT2D eigenvalue weighted by Gasteiger charge is 2.19. The molecule has 0 radical (unpaired) electrons. The van der Waals surface area contributed by atoms with Gasteiger partial charge in [-0.05, 0) is 44.9 Å². The number of esters is 3. The molecule has 6 heteroatoms. The predicted octanol–water partition coefficient (Wildman–Crippen LogP) is 18.7. The van der Waals surface area contributed by atoms with E-state index in [2.05, 4.69) is 45.1 Å². The summed E-state index contributed by atoms with van der Waals surface area (Å²) >= 11 is 0. The second-order valence-electron chi connectivity index (χ2n) is 19.2. The summed E-state index contributed by atoms with van der Waals surface area (Å²) in [5.41, 5.74) is 0. The fourth-order valence-corrected chi connectivity index (χ4v) is 8.44. The van der Waals surface area contributed by atoms with Crippen molar-refractivity contribution in [2.45, 2.75) is 316 Å². The van der Waals surface area contributed by atoms with Crippen LogP contribution in [0.5, 0.6) is 0 Å². The van der Waals surface area contributed by atoms with E-state index in [-0.39, 0.29) is 31.1 Å². The maximum atomic E-state index is 12.8. The first-order chi connectivity index (χ1) is 31.5. The number of hydrogen-bond donors (Lipinski definition) is 0. The summed E-state index contributed by atoms with van der Waals surface area (Å²) < 4.78 is 16.8. The van der Waals surface area contributed by atoms with Gasteiger partial charge in [-0.1, -0.05) is 270 Å². The van der Waals surface area contributed by atoms with Crippen LogP contribution in [0.3, 0.4) is 0 Å². The van der Waals surface area contributed by atoms with Crippen molar-refractivity contribution in [3.05, 3.63) is 24.3 Å². The Kier molecular flexibility index (Phi) is 51.7. The molecular formula is C58H108O6. The van der Waals surface area contributed by atoms with E-state index in [1.807, 2.05) is 0 Å². The minimum Gasteiger partial charge on any atom is -0.462 e. The fourth-order valence-electron chi connectivity index (χ4n) is 8.44. The van der Waals surface area contributed by atoms with Crippen molar-refractivity contribution in [2.24, 2.45) is 0 Å². The van der Waals surface area contributed by atoms with E-state index >= 15 is 0 Å². The molecule has 0 aromatic heterocycles. The van der Waals surface area contributed by atoms with Gasteiger partial charge in [-0.2, -0.15) is 0 Å². The third kappa shape index (κ3) is 50.9. The van der Waals surface area contributed by atoms with E-state index in [0.717, 1.165) is 57.8 Å². The average Bonchev–Trinajstić information content (AvgIpc) is 3.29. The number of rotatable bonds is 52. The number of unbranched alkanes of at least 4 members (excludes halogenated alkanes) is 38. The predicted molar refractivity (Wildman–Crippen MR) is 275 cm³/mol. The van der Waals surface area contributed by atoms with Crippen LogP contribution in [0.1, 0.15) is 310 Å². The van der Waals surface area contributed by atoms with Gasteiger partial charge in [0.1, 0.15) is 13.2 Å². The minimum absolute atomic E-state index is 0.0669. The van der Waals surface area contributed by atoms with E-state index in [4.69, 9.17) is 14.2 Å². The van der Waals surface area contributed by atoms with Crippen molar-refractivity contribution in [3.8, 4) is 0 Å². The standard InChI is InChI=1S/C58H108O6/c1-4-7-10-13-16-19-22-24-26-28-29-31-32-34-36-39-42-45-48-51-57(60)63-54-55(53-62-56(59)50-47-44-41-38-21-18-15-12-9-6-3)64-58(61)52-49-46-43-40-37-35-33-30-27-25-23-20-17-14-11-8-5-2/h16,19,22,24,55H,4-15,17-18,20-21,23,25-54H2,1-3H3/b19-16-,24-22-. The monoisotopic (exact) mass is 901 g/mol. The number of carbonyl (C=O) groups excluding carboxylic acids is 3. The topological polar surface area (TPSA) is 78.9 Å². The van der Waals surface area contributed by atoms with E-state index in [1.54, 1.807) is 0 Å². The second-order valence-corrected chi connectivity index (χ2v) is 19.2. The molecule has 0 aliphatic rings. The van der Waals surface area contributed by atoms with Crippen LogP contribution in [0, 0.1) is 0 Å². The summed E-state index contributed by atoms with van der Waals surface area (Å²) in [6.45, 7) is 6.64. The summed E-state index contributed by atoms with van der Waals surface area (Å²) in [5.74, 6) is -0.852. The summed E-state index contributed by atoms with van der Waals surface area (Å²) in [4.78, 5) is 38.0. The smallest absolute Gasteiger partial charge is 0.306 e. The fraction of sp³-hybridized carbons (Fsp3) is 0.879. The van der Waals surface area contributed by atoms with Crippen LogP contribution >= 0.6 is 0 Å². The number of ether oxygens (including phenoxy) is 3. The molecule has 0 aromatic carbocycles. The maximum absolute atomic E-state index is 12.8. The molecule has 64 heavy (non-hydrogen) atoms. The Morgan fingerprint density at radius 3 is 0.859 bits per heavy atom. The van der Waals surface area contributed by atoms with Crippen molar-refractivity contribution in [2.75, 3.05) is 13.2 Å². The van der Waals surface area contributed by atoms with Crippen LogP contribution in [-0.4, -0.2) is 37.2 Å². The molecule has 0 spiro atoms. The maximum Gasteiger partial charge on any atom is 0.306 e. The van der Waals surface area contributed by atoms with Crippen LogP contribution in [0.4, 0.5) is 0 Å². The summed E-state index contributed by atoms with van der Waals surface area (Å²) in [6, 6.07) is 0. The van der Waals surface area contributed by atoms with Gasteiger partial charge in [-0.25, -0.2) is 0 Å². The lowest BCUT2D eigenvalue weighted by Gasteiger charge is -2.18. The molecule has 0 aromatic rings. The van der Waals surface area contributed by atoms with Gasteiger partial charge in [0.25, 0.3) is 0 Å². The van der Waals surface area contributed by atoms with Crippen LogP contribution in [0.15, 0.2) is 24.3 Å². The molecule has 376 valence electrons. The van der Waals surface area contributed by atoms with Crippen molar-refractivity contribution in [1.29, 1.82) is 0 Å². The van der Waals surface area contributed by atoms with Crippen molar-refractivity contribution in [1.82, 2.24) is 0 Å².